The molecule has 0 spiro atoms. The molecule has 0 unspecified atom stereocenters. The van der Waals surface area contributed by atoms with E-state index in [-0.39, 0.29) is 22.9 Å². The van der Waals surface area contributed by atoms with Crippen LogP contribution in [0.2, 0.25) is 0 Å². The fraction of sp³-hybridized carbons (Fsp3) is 0.286. The Morgan fingerprint density at radius 3 is 2.73 bits per heavy atom. The number of imidazole rings is 1. The number of carbonyl (C=O) groups is 1. The number of aliphatic hydroxyl groups is 1. The van der Waals surface area contributed by atoms with Crippen molar-refractivity contribution in [1.29, 1.82) is 0 Å². The first-order chi connectivity index (χ1) is 10.5. The maximum atomic E-state index is 12.4. The summed E-state index contributed by atoms with van der Waals surface area (Å²) in [5, 5.41) is 20.6. The quantitative estimate of drug-likeness (QED) is 0.508. The smallest absolute Gasteiger partial charge is 0.293 e. The highest BCUT2D eigenvalue weighted by atomic mass is 16.6. The van der Waals surface area contributed by atoms with Crippen molar-refractivity contribution >= 4 is 17.2 Å². The fourth-order valence-electron chi connectivity index (χ4n) is 2.44. The Labute approximate surface area is 125 Å². The summed E-state index contributed by atoms with van der Waals surface area (Å²) in [4.78, 5) is 28.8. The molecule has 0 radical (unpaired) electrons. The van der Waals surface area contributed by atoms with E-state index in [0.717, 1.165) is 0 Å². The number of aliphatic hydroxyl groups excluding tert-OH is 1. The molecule has 3 rings (SSSR count). The van der Waals surface area contributed by atoms with E-state index in [2.05, 4.69) is 4.98 Å². The molecule has 22 heavy (non-hydrogen) atoms. The zero-order valence-electron chi connectivity index (χ0n) is 11.8. The van der Waals surface area contributed by atoms with E-state index in [9.17, 15) is 20.0 Å². The van der Waals surface area contributed by atoms with E-state index >= 15 is 0 Å². The third-order valence-corrected chi connectivity index (χ3v) is 3.66. The van der Waals surface area contributed by atoms with Crippen molar-refractivity contribution < 1.29 is 14.8 Å². The summed E-state index contributed by atoms with van der Waals surface area (Å²) in [6, 6.07) is 4.35. The molecule has 8 nitrogen and oxygen atoms in total. The van der Waals surface area contributed by atoms with Crippen molar-refractivity contribution in [2.24, 2.45) is 7.05 Å². The lowest BCUT2D eigenvalue weighted by Gasteiger charge is -2.37. The molecule has 2 aromatic rings. The molecular weight excluding hydrogens is 288 g/mol. The highest BCUT2D eigenvalue weighted by Gasteiger charge is 2.30. The Morgan fingerprint density at radius 2 is 2.18 bits per heavy atom. The maximum absolute atomic E-state index is 12.4. The largest absolute Gasteiger partial charge is 0.389 e. The van der Waals surface area contributed by atoms with E-state index in [4.69, 9.17) is 0 Å². The van der Waals surface area contributed by atoms with Crippen LogP contribution in [0, 0.1) is 10.1 Å². The zero-order chi connectivity index (χ0) is 15.9. The third kappa shape index (κ3) is 2.33. The maximum Gasteiger partial charge on any atom is 0.293 e. The molecule has 0 saturated carbocycles. The molecule has 1 aromatic carbocycles. The van der Waals surface area contributed by atoms with E-state index in [1.807, 2.05) is 0 Å². The van der Waals surface area contributed by atoms with Gasteiger partial charge in [-0.25, -0.2) is 4.98 Å². The van der Waals surface area contributed by atoms with Crippen molar-refractivity contribution in [2.45, 2.75) is 6.10 Å². The Kier molecular flexibility index (Phi) is 3.38. The first-order valence-electron chi connectivity index (χ1n) is 6.71. The number of carbonyl (C=O) groups excluding carboxylic acids is 1. The normalized spacial score (nSPS) is 14.7. The summed E-state index contributed by atoms with van der Waals surface area (Å²) in [5.74, 6) is -0.146. The number of aryl methyl sites for hydroxylation is 1. The standard InChI is InChI=1S/C14H14N4O4/c1-16-5-4-15-14(16)13(20)9-2-3-11(12(6-9)18(21)22)17-7-10(19)8-17/h2-6,10,19H,7-8H2,1H3. The van der Waals surface area contributed by atoms with Crippen molar-refractivity contribution in [2.75, 3.05) is 18.0 Å². The summed E-state index contributed by atoms with van der Waals surface area (Å²) in [7, 11) is 1.68. The number of β-amino-alcohol motifs (C(OH)–C–C–N with tert-alkyl or cyclic N) is 1. The first kappa shape index (κ1) is 14.2. The van der Waals surface area contributed by atoms with E-state index in [1.165, 1.54) is 12.3 Å². The third-order valence-electron chi connectivity index (χ3n) is 3.66. The summed E-state index contributed by atoms with van der Waals surface area (Å²) in [6.07, 6.45) is 2.67. The van der Waals surface area contributed by atoms with Crippen LogP contribution >= 0.6 is 0 Å². The number of hydrogen-bond acceptors (Lipinski definition) is 6. The average Bonchev–Trinajstić information content (AvgIpc) is 2.88. The van der Waals surface area contributed by atoms with Crippen molar-refractivity contribution in [3.63, 3.8) is 0 Å². The van der Waals surface area contributed by atoms with Gasteiger partial charge >= 0.3 is 0 Å². The molecule has 2 heterocycles. The minimum Gasteiger partial charge on any atom is -0.389 e. The molecule has 1 N–H and O–H groups in total. The summed E-state index contributed by atoms with van der Waals surface area (Å²) < 4.78 is 1.56. The molecule has 0 aliphatic carbocycles. The first-order valence-corrected chi connectivity index (χ1v) is 6.71. The van der Waals surface area contributed by atoms with Gasteiger partial charge in [-0.2, -0.15) is 0 Å². The Hall–Kier alpha value is -2.74. The predicted octanol–water partition coefficient (Wildman–Crippen LogP) is 0.740. The number of aromatic nitrogens is 2. The monoisotopic (exact) mass is 302 g/mol. The zero-order valence-corrected chi connectivity index (χ0v) is 11.8. The summed E-state index contributed by atoms with van der Waals surface area (Å²) >= 11 is 0. The number of benzene rings is 1. The van der Waals surface area contributed by atoms with Crippen molar-refractivity contribution in [1.82, 2.24) is 9.55 Å². The molecule has 0 atom stereocenters. The van der Waals surface area contributed by atoms with Gasteiger partial charge in [-0.3, -0.25) is 14.9 Å². The number of anilines is 1. The number of nitro benzene ring substituents is 1. The molecular formula is C14H14N4O4. The van der Waals surface area contributed by atoms with Crippen LogP contribution in [-0.4, -0.2) is 44.6 Å². The number of nitro groups is 1. The molecule has 1 saturated heterocycles. The molecule has 0 amide bonds. The topological polar surface area (TPSA) is 102 Å². The highest BCUT2D eigenvalue weighted by Crippen LogP contribution is 2.32. The lowest BCUT2D eigenvalue weighted by Crippen LogP contribution is -2.51. The second kappa shape index (κ2) is 5.23. The molecule has 114 valence electrons. The molecule has 1 fully saturated rings. The van der Waals surface area contributed by atoms with Crippen LogP contribution in [0.15, 0.2) is 30.6 Å². The van der Waals surface area contributed by atoms with Crippen LogP contribution < -0.4 is 4.90 Å². The minimum absolute atomic E-state index is 0.146. The van der Waals surface area contributed by atoms with Crippen LogP contribution in [-0.2, 0) is 7.05 Å². The Balaban J connectivity index is 1.97. The van der Waals surface area contributed by atoms with E-state index < -0.39 is 11.0 Å². The summed E-state index contributed by atoms with van der Waals surface area (Å²) in [5.41, 5.74) is 0.476. The number of ketones is 1. The molecule has 1 aromatic heterocycles. The van der Waals surface area contributed by atoms with E-state index in [1.54, 1.807) is 34.8 Å². The van der Waals surface area contributed by atoms with Gasteiger partial charge in [-0.05, 0) is 12.1 Å². The van der Waals surface area contributed by atoms with Crippen LogP contribution in [0.25, 0.3) is 0 Å². The molecule has 1 aliphatic rings. The summed E-state index contributed by atoms with van der Waals surface area (Å²) in [6.45, 7) is 0.709. The van der Waals surface area contributed by atoms with Gasteiger partial charge in [0.2, 0.25) is 5.78 Å². The van der Waals surface area contributed by atoms with Crippen molar-refractivity contribution in [3.05, 3.63) is 52.1 Å². The number of nitrogens with zero attached hydrogens (tertiary/aromatic N) is 4. The number of rotatable bonds is 4. The SMILES string of the molecule is Cn1ccnc1C(=O)c1ccc(N2CC(O)C2)c([N+](=O)[O-])c1. The van der Waals surface area contributed by atoms with Gasteiger partial charge < -0.3 is 14.6 Å². The second-order valence-corrected chi connectivity index (χ2v) is 5.21. The Morgan fingerprint density at radius 1 is 1.45 bits per heavy atom. The van der Waals surface area contributed by atoms with Gasteiger partial charge in [0.25, 0.3) is 5.69 Å². The number of hydrogen-bond donors (Lipinski definition) is 1. The van der Waals surface area contributed by atoms with Crippen LogP contribution in [0.5, 0.6) is 0 Å². The lowest BCUT2D eigenvalue weighted by atomic mass is 10.0. The average molecular weight is 302 g/mol. The van der Waals surface area contributed by atoms with Crippen LogP contribution in [0.4, 0.5) is 11.4 Å². The molecule has 0 bridgehead atoms. The minimum atomic E-state index is -0.519. The van der Waals surface area contributed by atoms with Crippen LogP contribution in [0.3, 0.4) is 0 Å². The van der Waals surface area contributed by atoms with Crippen LogP contribution in [0.1, 0.15) is 16.2 Å². The van der Waals surface area contributed by atoms with Crippen molar-refractivity contribution in [3.8, 4) is 0 Å². The predicted molar refractivity (Wildman–Crippen MR) is 78.0 cm³/mol. The van der Waals surface area contributed by atoms with E-state index in [0.29, 0.717) is 18.8 Å². The van der Waals surface area contributed by atoms with Gasteiger partial charge in [0.05, 0.1) is 11.0 Å². The van der Waals surface area contributed by atoms with Gasteiger partial charge in [0, 0.05) is 44.2 Å². The lowest BCUT2D eigenvalue weighted by molar-refractivity contribution is -0.384. The van der Waals surface area contributed by atoms with Gasteiger partial charge in [0.1, 0.15) is 5.69 Å². The Bertz CT molecular complexity index is 749. The van der Waals surface area contributed by atoms with Gasteiger partial charge in [-0.15, -0.1) is 0 Å². The fourth-order valence-corrected chi connectivity index (χ4v) is 2.44. The second-order valence-electron chi connectivity index (χ2n) is 5.21. The van der Waals surface area contributed by atoms with Gasteiger partial charge in [-0.1, -0.05) is 0 Å². The molecule has 8 heteroatoms. The highest BCUT2D eigenvalue weighted by molar-refractivity contribution is 6.07. The van der Waals surface area contributed by atoms with Gasteiger partial charge in [0.15, 0.2) is 5.82 Å². The molecule has 1 aliphatic heterocycles.